The lowest BCUT2D eigenvalue weighted by molar-refractivity contribution is -0.384. The minimum absolute atomic E-state index is 0.0126. The predicted octanol–water partition coefficient (Wildman–Crippen LogP) is 2.95. The van der Waals surface area contributed by atoms with Gasteiger partial charge in [0, 0.05) is 18.2 Å². The molecule has 1 aromatic rings. The number of carbonyl (C=O) groups excluding carboxylic acids is 1. The highest BCUT2D eigenvalue weighted by Crippen LogP contribution is 2.14. The molecule has 0 saturated heterocycles. The molecular weight excluding hydrogens is 234 g/mol. The molecule has 18 heavy (non-hydrogen) atoms. The van der Waals surface area contributed by atoms with E-state index in [2.05, 4.69) is 0 Å². The topological polar surface area (TPSA) is 69.4 Å². The zero-order valence-electron chi connectivity index (χ0n) is 10.5. The van der Waals surface area contributed by atoms with Crippen LogP contribution in [-0.2, 0) is 9.53 Å². The number of rotatable bonds is 3. The van der Waals surface area contributed by atoms with Gasteiger partial charge in [0.25, 0.3) is 5.69 Å². The zero-order chi connectivity index (χ0) is 13.8. The number of ether oxygens (including phenoxy) is 1. The maximum atomic E-state index is 11.4. The van der Waals surface area contributed by atoms with E-state index in [1.807, 2.05) is 0 Å². The Labute approximate surface area is 105 Å². The molecule has 5 heteroatoms. The quantitative estimate of drug-likeness (QED) is 0.357. The first-order valence-corrected chi connectivity index (χ1v) is 5.43. The third kappa shape index (κ3) is 4.78. The van der Waals surface area contributed by atoms with Gasteiger partial charge in [0.05, 0.1) is 4.92 Å². The first-order chi connectivity index (χ1) is 8.28. The van der Waals surface area contributed by atoms with Crippen LogP contribution in [0.2, 0.25) is 0 Å². The highest BCUT2D eigenvalue weighted by molar-refractivity contribution is 5.87. The van der Waals surface area contributed by atoms with E-state index in [-0.39, 0.29) is 5.69 Å². The van der Waals surface area contributed by atoms with Gasteiger partial charge in [0.1, 0.15) is 5.60 Å². The van der Waals surface area contributed by atoms with Crippen LogP contribution in [0.1, 0.15) is 26.3 Å². The molecule has 0 N–H and O–H groups in total. The van der Waals surface area contributed by atoms with Gasteiger partial charge >= 0.3 is 5.97 Å². The lowest BCUT2D eigenvalue weighted by atomic mass is 10.2. The summed E-state index contributed by atoms with van der Waals surface area (Å²) >= 11 is 0. The standard InChI is InChI=1S/C13H15NO4/c1-13(2,3)18-12(15)8-7-10-5-4-6-11(9-10)14(16)17/h4-9H,1-3H3/b8-7+. The van der Waals surface area contributed by atoms with E-state index in [4.69, 9.17) is 4.74 Å². The van der Waals surface area contributed by atoms with Gasteiger partial charge in [-0.05, 0) is 32.4 Å². The average Bonchev–Trinajstić information content (AvgIpc) is 2.24. The second-order valence-electron chi connectivity index (χ2n) is 4.72. The van der Waals surface area contributed by atoms with Gasteiger partial charge in [0.15, 0.2) is 0 Å². The number of hydrogen-bond donors (Lipinski definition) is 0. The molecule has 1 aromatic carbocycles. The molecule has 0 bridgehead atoms. The number of benzene rings is 1. The van der Waals surface area contributed by atoms with Crippen LogP contribution in [0.4, 0.5) is 5.69 Å². The zero-order valence-corrected chi connectivity index (χ0v) is 10.5. The molecule has 0 amide bonds. The van der Waals surface area contributed by atoms with Crippen molar-refractivity contribution in [2.24, 2.45) is 0 Å². The van der Waals surface area contributed by atoms with Crippen LogP contribution in [0.5, 0.6) is 0 Å². The number of nitrogens with zero attached hydrogens (tertiary/aromatic N) is 1. The van der Waals surface area contributed by atoms with Crippen LogP contribution < -0.4 is 0 Å². The first kappa shape index (κ1) is 13.9. The van der Waals surface area contributed by atoms with Crippen molar-refractivity contribution in [1.29, 1.82) is 0 Å². The van der Waals surface area contributed by atoms with Gasteiger partial charge < -0.3 is 4.74 Å². The third-order valence-electron chi connectivity index (χ3n) is 1.90. The first-order valence-electron chi connectivity index (χ1n) is 5.43. The number of hydrogen-bond acceptors (Lipinski definition) is 4. The Kier molecular flexibility index (Phi) is 4.20. The SMILES string of the molecule is CC(C)(C)OC(=O)/C=C/c1cccc([N+](=O)[O-])c1. The van der Waals surface area contributed by atoms with Gasteiger partial charge in [-0.1, -0.05) is 12.1 Å². The van der Waals surface area contributed by atoms with Gasteiger partial charge in [-0.2, -0.15) is 0 Å². The fraction of sp³-hybridized carbons (Fsp3) is 0.308. The van der Waals surface area contributed by atoms with Crippen molar-refractivity contribution in [3.8, 4) is 0 Å². The van der Waals surface area contributed by atoms with Gasteiger partial charge in [-0.25, -0.2) is 4.79 Å². The number of nitro benzene ring substituents is 1. The fourth-order valence-corrected chi connectivity index (χ4v) is 1.24. The Morgan fingerprint density at radius 3 is 2.61 bits per heavy atom. The van der Waals surface area contributed by atoms with Crippen molar-refractivity contribution < 1.29 is 14.5 Å². The molecule has 5 nitrogen and oxygen atoms in total. The molecule has 0 atom stereocenters. The summed E-state index contributed by atoms with van der Waals surface area (Å²) in [7, 11) is 0. The van der Waals surface area contributed by atoms with Crippen LogP contribution in [0, 0.1) is 10.1 Å². The van der Waals surface area contributed by atoms with E-state index in [9.17, 15) is 14.9 Å². The molecule has 96 valence electrons. The maximum Gasteiger partial charge on any atom is 0.331 e. The van der Waals surface area contributed by atoms with Gasteiger partial charge in [-0.15, -0.1) is 0 Å². The van der Waals surface area contributed by atoms with Crippen LogP contribution in [0.3, 0.4) is 0 Å². The molecule has 0 fully saturated rings. The second kappa shape index (κ2) is 5.44. The van der Waals surface area contributed by atoms with Crippen molar-refractivity contribution in [2.45, 2.75) is 26.4 Å². The van der Waals surface area contributed by atoms with Crippen LogP contribution in [0.15, 0.2) is 30.3 Å². The van der Waals surface area contributed by atoms with Crippen molar-refractivity contribution in [2.75, 3.05) is 0 Å². The van der Waals surface area contributed by atoms with Crippen molar-refractivity contribution in [3.63, 3.8) is 0 Å². The normalized spacial score (nSPS) is 11.5. The highest BCUT2D eigenvalue weighted by Gasteiger charge is 2.13. The largest absolute Gasteiger partial charge is 0.457 e. The maximum absolute atomic E-state index is 11.4. The summed E-state index contributed by atoms with van der Waals surface area (Å²) in [5, 5.41) is 10.6. The van der Waals surface area contributed by atoms with E-state index in [1.165, 1.54) is 24.3 Å². The Morgan fingerprint density at radius 1 is 1.39 bits per heavy atom. The average molecular weight is 249 g/mol. The van der Waals surface area contributed by atoms with Gasteiger partial charge in [-0.3, -0.25) is 10.1 Å². The smallest absolute Gasteiger partial charge is 0.331 e. The van der Waals surface area contributed by atoms with Crippen LogP contribution in [0.25, 0.3) is 6.08 Å². The number of non-ortho nitro benzene ring substituents is 1. The Bertz CT molecular complexity index is 486. The molecule has 0 saturated carbocycles. The monoisotopic (exact) mass is 249 g/mol. The lowest BCUT2D eigenvalue weighted by Crippen LogP contribution is -2.22. The number of nitro groups is 1. The Morgan fingerprint density at radius 2 is 2.06 bits per heavy atom. The number of carbonyl (C=O) groups is 1. The van der Waals surface area contributed by atoms with E-state index in [0.29, 0.717) is 5.56 Å². The predicted molar refractivity (Wildman–Crippen MR) is 68.0 cm³/mol. The molecule has 0 unspecified atom stereocenters. The van der Waals surface area contributed by atoms with Crippen molar-refractivity contribution >= 4 is 17.7 Å². The summed E-state index contributed by atoms with van der Waals surface area (Å²) in [5.41, 5.74) is 0.0146. The minimum atomic E-state index is -0.551. The molecular formula is C13H15NO4. The highest BCUT2D eigenvalue weighted by atomic mass is 16.6. The molecule has 0 aliphatic heterocycles. The molecule has 0 aliphatic carbocycles. The second-order valence-corrected chi connectivity index (χ2v) is 4.72. The van der Waals surface area contributed by atoms with Crippen LogP contribution in [-0.4, -0.2) is 16.5 Å². The molecule has 0 heterocycles. The molecule has 1 rings (SSSR count). The minimum Gasteiger partial charge on any atom is -0.457 e. The molecule has 0 aliphatic rings. The summed E-state index contributed by atoms with van der Waals surface area (Å²) in [6.45, 7) is 5.31. The summed E-state index contributed by atoms with van der Waals surface area (Å²) in [6, 6.07) is 6.02. The summed E-state index contributed by atoms with van der Waals surface area (Å²) < 4.78 is 5.08. The molecule has 0 aromatic heterocycles. The number of esters is 1. The van der Waals surface area contributed by atoms with Crippen molar-refractivity contribution in [3.05, 3.63) is 46.0 Å². The van der Waals surface area contributed by atoms with Crippen molar-refractivity contribution in [1.82, 2.24) is 0 Å². The Hall–Kier alpha value is -2.17. The summed E-state index contributed by atoms with van der Waals surface area (Å²) in [5.74, 6) is -0.478. The van der Waals surface area contributed by atoms with Crippen LogP contribution >= 0.6 is 0 Å². The van der Waals surface area contributed by atoms with E-state index in [0.717, 1.165) is 0 Å². The summed E-state index contributed by atoms with van der Waals surface area (Å²) in [6.07, 6.45) is 2.74. The fourth-order valence-electron chi connectivity index (χ4n) is 1.24. The van der Waals surface area contributed by atoms with E-state index >= 15 is 0 Å². The third-order valence-corrected chi connectivity index (χ3v) is 1.90. The Balaban J connectivity index is 2.76. The summed E-state index contributed by atoms with van der Waals surface area (Å²) in [4.78, 5) is 21.5. The molecule has 0 spiro atoms. The van der Waals surface area contributed by atoms with Gasteiger partial charge in [0.2, 0.25) is 0 Å². The lowest BCUT2D eigenvalue weighted by Gasteiger charge is -2.17. The molecule has 0 radical (unpaired) electrons. The van der Waals surface area contributed by atoms with E-state index in [1.54, 1.807) is 32.9 Å². The van der Waals surface area contributed by atoms with E-state index < -0.39 is 16.5 Å².